The minimum absolute atomic E-state index is 0.0942. The zero-order valence-electron chi connectivity index (χ0n) is 17.3. The third-order valence-electron chi connectivity index (χ3n) is 6.02. The Bertz CT molecular complexity index is 1370. The number of amides is 1. The summed E-state index contributed by atoms with van der Waals surface area (Å²) >= 11 is 0. The van der Waals surface area contributed by atoms with Gasteiger partial charge in [0.05, 0.1) is 16.7 Å². The smallest absolute Gasteiger partial charge is 0.321 e. The van der Waals surface area contributed by atoms with Gasteiger partial charge in [-0.25, -0.2) is 9.48 Å². The third-order valence-corrected chi connectivity index (χ3v) is 6.02. The maximum absolute atomic E-state index is 13.1. The number of benzene rings is 2. The van der Waals surface area contributed by atoms with Crippen LogP contribution in [0.3, 0.4) is 0 Å². The first kappa shape index (κ1) is 18.4. The predicted molar refractivity (Wildman–Crippen MR) is 116 cm³/mol. The zero-order valence-corrected chi connectivity index (χ0v) is 17.3. The molecule has 2 heterocycles. The van der Waals surface area contributed by atoms with Crippen molar-refractivity contribution in [1.29, 1.82) is 0 Å². The molecule has 0 saturated heterocycles. The SMILES string of the molecule is Cc1ccccc1-n1nc(C(=O)Nc2ccc3c(c2)n(C)c(=O)n3C)c2c1CCC2. The van der Waals surface area contributed by atoms with Gasteiger partial charge in [-0.1, -0.05) is 18.2 Å². The molecule has 0 aliphatic heterocycles. The number of nitrogens with one attached hydrogen (secondary N) is 1. The minimum Gasteiger partial charge on any atom is -0.321 e. The van der Waals surface area contributed by atoms with Crippen molar-refractivity contribution in [2.45, 2.75) is 26.2 Å². The van der Waals surface area contributed by atoms with Crippen molar-refractivity contribution in [2.75, 3.05) is 5.32 Å². The van der Waals surface area contributed by atoms with Crippen LogP contribution >= 0.6 is 0 Å². The first-order valence-electron chi connectivity index (χ1n) is 10.1. The van der Waals surface area contributed by atoms with E-state index in [9.17, 15) is 9.59 Å². The van der Waals surface area contributed by atoms with Crippen molar-refractivity contribution in [1.82, 2.24) is 18.9 Å². The minimum atomic E-state index is -0.222. The van der Waals surface area contributed by atoms with Crippen LogP contribution in [0.4, 0.5) is 5.69 Å². The van der Waals surface area contributed by atoms with Crippen LogP contribution in [0.1, 0.15) is 33.7 Å². The molecule has 1 N–H and O–H groups in total. The fraction of sp³-hybridized carbons (Fsp3) is 0.261. The van der Waals surface area contributed by atoms with Gasteiger partial charge in [0, 0.05) is 31.0 Å². The van der Waals surface area contributed by atoms with Crippen molar-refractivity contribution >= 4 is 22.6 Å². The summed E-state index contributed by atoms with van der Waals surface area (Å²) in [6.07, 6.45) is 2.80. The standard InChI is InChI=1S/C23H23N5O2/c1-14-7-4-5-9-17(14)28-18-10-6-8-16(18)21(25-28)22(29)24-15-11-12-19-20(13-15)27(3)23(30)26(19)2/h4-5,7,9,11-13H,6,8,10H2,1-3H3,(H,24,29). The predicted octanol–water partition coefficient (Wildman–Crippen LogP) is 3.11. The molecule has 2 aromatic carbocycles. The fourth-order valence-electron chi connectivity index (χ4n) is 4.39. The van der Waals surface area contributed by atoms with E-state index in [4.69, 9.17) is 5.10 Å². The van der Waals surface area contributed by atoms with Crippen LogP contribution in [0.15, 0.2) is 47.3 Å². The summed E-state index contributed by atoms with van der Waals surface area (Å²) < 4.78 is 5.10. The van der Waals surface area contributed by atoms with Crippen LogP contribution in [-0.2, 0) is 26.9 Å². The summed E-state index contributed by atoms with van der Waals surface area (Å²) in [7, 11) is 3.47. The normalized spacial score (nSPS) is 13.0. The van der Waals surface area contributed by atoms with Gasteiger partial charge in [0.1, 0.15) is 0 Å². The monoisotopic (exact) mass is 401 g/mol. The number of aryl methyl sites for hydroxylation is 3. The van der Waals surface area contributed by atoms with Gasteiger partial charge in [0.15, 0.2) is 5.69 Å². The number of hydrogen-bond acceptors (Lipinski definition) is 3. The van der Waals surface area contributed by atoms with Crippen LogP contribution < -0.4 is 11.0 Å². The number of carbonyl (C=O) groups is 1. The average Bonchev–Trinajstić information content (AvgIpc) is 3.40. The van der Waals surface area contributed by atoms with Gasteiger partial charge in [0.25, 0.3) is 5.91 Å². The zero-order chi connectivity index (χ0) is 21.0. The van der Waals surface area contributed by atoms with Gasteiger partial charge < -0.3 is 5.32 Å². The molecule has 0 atom stereocenters. The van der Waals surface area contributed by atoms with E-state index in [1.807, 2.05) is 41.1 Å². The average molecular weight is 401 g/mol. The van der Waals surface area contributed by atoms with E-state index < -0.39 is 0 Å². The summed E-state index contributed by atoms with van der Waals surface area (Å²) in [4.78, 5) is 25.3. The van der Waals surface area contributed by atoms with Gasteiger partial charge in [-0.05, 0) is 56.0 Å². The molecule has 30 heavy (non-hydrogen) atoms. The van der Waals surface area contributed by atoms with E-state index in [2.05, 4.69) is 18.3 Å². The largest absolute Gasteiger partial charge is 0.328 e. The van der Waals surface area contributed by atoms with Gasteiger partial charge in [-0.2, -0.15) is 5.10 Å². The van der Waals surface area contributed by atoms with E-state index in [1.54, 1.807) is 23.2 Å². The van der Waals surface area contributed by atoms with E-state index >= 15 is 0 Å². The first-order chi connectivity index (χ1) is 14.5. The number of fused-ring (bicyclic) bond motifs is 2. The Hall–Kier alpha value is -3.61. The second kappa shape index (κ2) is 6.73. The highest BCUT2D eigenvalue weighted by molar-refractivity contribution is 6.05. The lowest BCUT2D eigenvalue weighted by atomic mass is 10.1. The number of hydrogen-bond donors (Lipinski definition) is 1. The highest BCUT2D eigenvalue weighted by Crippen LogP contribution is 2.29. The number of imidazole rings is 1. The van der Waals surface area contributed by atoms with E-state index in [0.717, 1.165) is 52.8 Å². The topological polar surface area (TPSA) is 73.8 Å². The number of para-hydroxylation sites is 1. The molecule has 1 amide bonds. The molecule has 5 rings (SSSR count). The Balaban J connectivity index is 1.53. The molecule has 0 spiro atoms. The second-order valence-corrected chi connectivity index (χ2v) is 7.88. The number of nitrogens with zero attached hydrogens (tertiary/aromatic N) is 4. The number of carbonyl (C=O) groups excluding carboxylic acids is 1. The van der Waals surface area contributed by atoms with Gasteiger partial charge in [-0.15, -0.1) is 0 Å². The summed E-state index contributed by atoms with van der Waals surface area (Å²) in [5.74, 6) is -0.222. The quantitative estimate of drug-likeness (QED) is 0.573. The molecule has 0 unspecified atom stereocenters. The highest BCUT2D eigenvalue weighted by Gasteiger charge is 2.27. The number of rotatable bonds is 3. The van der Waals surface area contributed by atoms with Crippen molar-refractivity contribution in [3.63, 3.8) is 0 Å². The lowest BCUT2D eigenvalue weighted by Crippen LogP contribution is -2.19. The molecule has 1 aliphatic rings. The van der Waals surface area contributed by atoms with E-state index in [-0.39, 0.29) is 11.6 Å². The highest BCUT2D eigenvalue weighted by atomic mass is 16.2. The maximum Gasteiger partial charge on any atom is 0.328 e. The van der Waals surface area contributed by atoms with E-state index in [0.29, 0.717) is 11.4 Å². The molecule has 152 valence electrons. The number of anilines is 1. The molecule has 2 aromatic heterocycles. The number of aromatic nitrogens is 4. The molecule has 0 radical (unpaired) electrons. The molecule has 0 fully saturated rings. The fourth-order valence-corrected chi connectivity index (χ4v) is 4.39. The van der Waals surface area contributed by atoms with Crippen molar-refractivity contribution in [3.05, 3.63) is 75.5 Å². The van der Waals surface area contributed by atoms with Crippen LogP contribution in [-0.4, -0.2) is 24.8 Å². The molecule has 0 saturated carbocycles. The van der Waals surface area contributed by atoms with Crippen LogP contribution in [0.2, 0.25) is 0 Å². The van der Waals surface area contributed by atoms with Crippen molar-refractivity contribution in [3.8, 4) is 5.69 Å². The summed E-state index contributed by atoms with van der Waals surface area (Å²) in [5, 5.41) is 7.68. The van der Waals surface area contributed by atoms with E-state index in [1.165, 1.54) is 0 Å². The van der Waals surface area contributed by atoms with Crippen LogP contribution in [0.5, 0.6) is 0 Å². The lowest BCUT2D eigenvalue weighted by Gasteiger charge is -2.08. The van der Waals surface area contributed by atoms with Gasteiger partial charge in [-0.3, -0.25) is 13.9 Å². The molecule has 7 heteroatoms. The second-order valence-electron chi connectivity index (χ2n) is 7.88. The molecule has 7 nitrogen and oxygen atoms in total. The lowest BCUT2D eigenvalue weighted by molar-refractivity contribution is 0.102. The van der Waals surface area contributed by atoms with Gasteiger partial charge in [0.2, 0.25) is 0 Å². The Morgan fingerprint density at radius 2 is 1.80 bits per heavy atom. The summed E-state index contributed by atoms with van der Waals surface area (Å²) in [5.41, 5.74) is 6.91. The summed E-state index contributed by atoms with van der Waals surface area (Å²) in [6.45, 7) is 2.05. The Labute approximate surface area is 173 Å². The maximum atomic E-state index is 13.1. The first-order valence-corrected chi connectivity index (χ1v) is 10.1. The summed E-state index contributed by atoms with van der Waals surface area (Å²) in [6, 6.07) is 13.6. The molecule has 1 aliphatic carbocycles. The molecular weight excluding hydrogens is 378 g/mol. The van der Waals surface area contributed by atoms with Gasteiger partial charge >= 0.3 is 5.69 Å². The van der Waals surface area contributed by atoms with Crippen LogP contribution in [0, 0.1) is 6.92 Å². The third kappa shape index (κ3) is 2.69. The molecule has 0 bridgehead atoms. The Morgan fingerprint density at radius 1 is 1.03 bits per heavy atom. The van der Waals surface area contributed by atoms with Crippen LogP contribution in [0.25, 0.3) is 16.7 Å². The molecule has 4 aromatic rings. The van der Waals surface area contributed by atoms with Crippen molar-refractivity contribution in [2.24, 2.45) is 14.1 Å². The Kier molecular flexibility index (Phi) is 4.13. The van der Waals surface area contributed by atoms with Crippen molar-refractivity contribution < 1.29 is 4.79 Å². The Morgan fingerprint density at radius 3 is 2.60 bits per heavy atom. The molecular formula is C23H23N5O2.